The van der Waals surface area contributed by atoms with Crippen LogP contribution in [0.1, 0.15) is 32.4 Å². The van der Waals surface area contributed by atoms with E-state index in [2.05, 4.69) is 47.1 Å². The van der Waals surface area contributed by atoms with Crippen LogP contribution in [0.4, 0.5) is 5.82 Å². The third-order valence-corrected chi connectivity index (χ3v) is 6.51. The van der Waals surface area contributed by atoms with Crippen molar-refractivity contribution < 1.29 is 10.2 Å². The van der Waals surface area contributed by atoms with Crippen LogP contribution in [0.3, 0.4) is 0 Å². The highest BCUT2D eigenvalue weighted by Gasteiger charge is 2.28. The number of piperazine rings is 1. The van der Waals surface area contributed by atoms with Gasteiger partial charge in [-0.3, -0.25) is 0 Å². The summed E-state index contributed by atoms with van der Waals surface area (Å²) in [5, 5.41) is 22.6. The molecule has 2 heterocycles. The Morgan fingerprint density at radius 3 is 2.32 bits per heavy atom. The van der Waals surface area contributed by atoms with E-state index in [1.54, 1.807) is 0 Å². The summed E-state index contributed by atoms with van der Waals surface area (Å²) >= 11 is 0. The quantitative estimate of drug-likeness (QED) is 0.630. The molecule has 2 aromatic carbocycles. The Balaban J connectivity index is 1.68. The third kappa shape index (κ3) is 4.45. The maximum atomic E-state index is 10.6. The average molecular weight is 420 g/mol. The van der Waals surface area contributed by atoms with Gasteiger partial charge in [0.25, 0.3) is 0 Å². The van der Waals surface area contributed by atoms with E-state index in [-0.39, 0.29) is 6.61 Å². The number of anilines is 1. The SMILES string of the molecule is CCN1CCN(c2nc(-c3ccc(C(O)C(C)(C)CO)cc3)cc3ccccc23)CC1. The molecule has 5 nitrogen and oxygen atoms in total. The lowest BCUT2D eigenvalue weighted by molar-refractivity contribution is 0.00639. The van der Waals surface area contributed by atoms with E-state index in [1.165, 1.54) is 10.8 Å². The van der Waals surface area contributed by atoms with E-state index in [0.29, 0.717) is 0 Å². The summed E-state index contributed by atoms with van der Waals surface area (Å²) in [6.07, 6.45) is -0.721. The molecule has 4 rings (SSSR count). The summed E-state index contributed by atoms with van der Waals surface area (Å²) in [6.45, 7) is 11.0. The first-order chi connectivity index (χ1) is 14.9. The standard InChI is InChI=1S/C26H33N3O2/c1-4-28-13-15-29(16-14-28)25-22-8-6-5-7-21(22)17-23(27-25)19-9-11-20(12-10-19)24(31)26(2,3)18-30/h5-12,17,24,30-31H,4,13-16,18H2,1-3H3. The maximum Gasteiger partial charge on any atom is 0.137 e. The van der Waals surface area contributed by atoms with Gasteiger partial charge in [0.05, 0.1) is 18.4 Å². The topological polar surface area (TPSA) is 59.8 Å². The number of fused-ring (bicyclic) bond motifs is 1. The number of aliphatic hydroxyl groups is 2. The summed E-state index contributed by atoms with van der Waals surface area (Å²) < 4.78 is 0. The normalized spacial score (nSPS) is 16.6. The molecule has 0 aliphatic carbocycles. The van der Waals surface area contributed by atoms with Crippen LogP contribution in [0.15, 0.2) is 54.6 Å². The van der Waals surface area contributed by atoms with Gasteiger partial charge >= 0.3 is 0 Å². The highest BCUT2D eigenvalue weighted by atomic mass is 16.3. The molecule has 1 aromatic heterocycles. The first-order valence-corrected chi connectivity index (χ1v) is 11.2. The molecule has 1 fully saturated rings. The third-order valence-electron chi connectivity index (χ3n) is 6.51. The molecule has 2 N–H and O–H groups in total. The van der Waals surface area contributed by atoms with Crippen LogP contribution in [0.5, 0.6) is 0 Å². The zero-order valence-corrected chi connectivity index (χ0v) is 18.8. The van der Waals surface area contributed by atoms with Gasteiger partial charge in [-0.2, -0.15) is 0 Å². The highest BCUT2D eigenvalue weighted by molar-refractivity contribution is 5.95. The predicted molar refractivity (Wildman–Crippen MR) is 127 cm³/mol. The highest BCUT2D eigenvalue weighted by Crippen LogP contribution is 2.35. The van der Waals surface area contributed by atoms with Gasteiger partial charge in [-0.1, -0.05) is 69.3 Å². The molecule has 1 saturated heterocycles. The van der Waals surface area contributed by atoms with E-state index in [4.69, 9.17) is 4.98 Å². The number of nitrogens with zero attached hydrogens (tertiary/aromatic N) is 3. The van der Waals surface area contributed by atoms with Crippen LogP contribution in [0.2, 0.25) is 0 Å². The van der Waals surface area contributed by atoms with Gasteiger partial charge in [-0.05, 0) is 23.6 Å². The zero-order valence-electron chi connectivity index (χ0n) is 18.8. The van der Waals surface area contributed by atoms with Gasteiger partial charge in [-0.25, -0.2) is 4.98 Å². The van der Waals surface area contributed by atoms with Crippen LogP contribution in [-0.4, -0.2) is 59.4 Å². The Morgan fingerprint density at radius 2 is 1.68 bits per heavy atom. The average Bonchev–Trinajstić information content (AvgIpc) is 2.83. The van der Waals surface area contributed by atoms with E-state index in [0.717, 1.165) is 55.4 Å². The van der Waals surface area contributed by atoms with E-state index in [1.807, 2.05) is 38.1 Å². The lowest BCUT2D eigenvalue weighted by Crippen LogP contribution is -2.46. The molecule has 1 unspecified atom stereocenters. The monoisotopic (exact) mass is 419 g/mol. The number of hydrogen-bond acceptors (Lipinski definition) is 5. The second-order valence-corrected chi connectivity index (χ2v) is 9.14. The molecule has 1 aliphatic rings. The first kappa shape index (κ1) is 21.8. The van der Waals surface area contributed by atoms with Gasteiger partial charge in [0.1, 0.15) is 5.82 Å². The molecule has 1 aliphatic heterocycles. The maximum absolute atomic E-state index is 10.6. The zero-order chi connectivity index (χ0) is 22.0. The van der Waals surface area contributed by atoms with Crippen LogP contribution in [0, 0.1) is 5.41 Å². The number of rotatable bonds is 6. The summed E-state index contributed by atoms with van der Waals surface area (Å²) in [5.41, 5.74) is 2.18. The molecule has 1 atom stereocenters. The van der Waals surface area contributed by atoms with E-state index in [9.17, 15) is 10.2 Å². The van der Waals surface area contributed by atoms with Crippen molar-refractivity contribution in [2.24, 2.45) is 5.41 Å². The van der Waals surface area contributed by atoms with Crippen molar-refractivity contribution in [1.82, 2.24) is 9.88 Å². The predicted octanol–water partition coefficient (Wildman–Crippen LogP) is 4.10. The van der Waals surface area contributed by atoms with Crippen molar-refractivity contribution in [3.63, 3.8) is 0 Å². The minimum Gasteiger partial charge on any atom is -0.396 e. The molecule has 0 radical (unpaired) electrons. The van der Waals surface area contributed by atoms with Crippen molar-refractivity contribution in [2.45, 2.75) is 26.9 Å². The number of aromatic nitrogens is 1. The molecular weight excluding hydrogens is 386 g/mol. The molecule has 0 spiro atoms. The van der Waals surface area contributed by atoms with Crippen molar-refractivity contribution in [1.29, 1.82) is 0 Å². The van der Waals surface area contributed by atoms with Gasteiger partial charge < -0.3 is 20.0 Å². The Hall–Kier alpha value is -2.47. The fourth-order valence-electron chi connectivity index (χ4n) is 4.22. The van der Waals surface area contributed by atoms with Crippen LogP contribution < -0.4 is 4.90 Å². The number of likely N-dealkylation sites (N-methyl/N-ethyl adjacent to an activating group) is 1. The smallest absolute Gasteiger partial charge is 0.137 e. The van der Waals surface area contributed by atoms with Crippen molar-refractivity contribution >= 4 is 16.6 Å². The molecular formula is C26H33N3O2. The molecule has 31 heavy (non-hydrogen) atoms. The number of pyridine rings is 1. The second kappa shape index (κ2) is 8.95. The largest absolute Gasteiger partial charge is 0.396 e. The molecule has 0 bridgehead atoms. The molecule has 5 heteroatoms. The van der Waals surface area contributed by atoms with Crippen molar-refractivity contribution in [3.8, 4) is 11.3 Å². The van der Waals surface area contributed by atoms with Crippen molar-refractivity contribution in [2.75, 3.05) is 44.2 Å². The summed E-state index contributed by atoms with van der Waals surface area (Å²) in [4.78, 5) is 9.97. The lowest BCUT2D eigenvalue weighted by Gasteiger charge is -2.35. The number of hydrogen-bond donors (Lipinski definition) is 2. The first-order valence-electron chi connectivity index (χ1n) is 11.2. The lowest BCUT2D eigenvalue weighted by atomic mass is 9.83. The van der Waals surface area contributed by atoms with Gasteiger partial charge in [0, 0.05) is 42.5 Å². The summed E-state index contributed by atoms with van der Waals surface area (Å²) in [6, 6.07) is 18.5. The fraction of sp³-hybridized carbons (Fsp3) is 0.423. The number of aliphatic hydroxyl groups excluding tert-OH is 2. The second-order valence-electron chi connectivity index (χ2n) is 9.14. The Kier molecular flexibility index (Phi) is 6.28. The molecule has 3 aromatic rings. The molecule has 0 amide bonds. The van der Waals surface area contributed by atoms with E-state index >= 15 is 0 Å². The summed E-state index contributed by atoms with van der Waals surface area (Å²) in [7, 11) is 0. The Bertz CT molecular complexity index is 1020. The Labute approximate surface area is 185 Å². The van der Waals surface area contributed by atoms with E-state index < -0.39 is 11.5 Å². The van der Waals surface area contributed by atoms with Gasteiger partial charge in [0.15, 0.2) is 0 Å². The minimum atomic E-state index is -0.721. The van der Waals surface area contributed by atoms with Gasteiger partial charge in [0.2, 0.25) is 0 Å². The van der Waals surface area contributed by atoms with Crippen LogP contribution >= 0.6 is 0 Å². The van der Waals surface area contributed by atoms with Crippen molar-refractivity contribution in [3.05, 3.63) is 60.2 Å². The number of benzene rings is 2. The minimum absolute atomic E-state index is 0.0726. The van der Waals surface area contributed by atoms with Gasteiger partial charge in [-0.15, -0.1) is 0 Å². The summed E-state index contributed by atoms with van der Waals surface area (Å²) in [5.74, 6) is 1.05. The molecule has 0 saturated carbocycles. The fourth-order valence-corrected chi connectivity index (χ4v) is 4.22. The van der Waals surface area contributed by atoms with Crippen LogP contribution in [-0.2, 0) is 0 Å². The molecule has 164 valence electrons. The Morgan fingerprint density at radius 1 is 1.00 bits per heavy atom. The van der Waals surface area contributed by atoms with Crippen LogP contribution in [0.25, 0.3) is 22.0 Å².